The third-order valence-electron chi connectivity index (χ3n) is 3.59. The number of hydrogen-bond acceptors (Lipinski definition) is 5. The van der Waals surface area contributed by atoms with Gasteiger partial charge in [-0.2, -0.15) is 5.10 Å². The minimum absolute atomic E-state index is 0.212. The zero-order chi connectivity index (χ0) is 14.8. The second-order valence-electron chi connectivity index (χ2n) is 5.25. The summed E-state index contributed by atoms with van der Waals surface area (Å²) in [5.41, 5.74) is 5.33. The summed E-state index contributed by atoms with van der Waals surface area (Å²) < 4.78 is 11.4. The Bertz CT molecular complexity index is 674. The number of hydrazone groups is 1. The van der Waals surface area contributed by atoms with Gasteiger partial charge in [0, 0.05) is 11.1 Å². The first kappa shape index (κ1) is 13.8. The summed E-state index contributed by atoms with van der Waals surface area (Å²) >= 11 is 1.60. The molecule has 0 bridgehead atoms. The van der Waals surface area contributed by atoms with Crippen molar-refractivity contribution in [2.75, 3.05) is 13.2 Å². The van der Waals surface area contributed by atoms with Crippen LogP contribution in [0.15, 0.2) is 65.8 Å². The Hall–Kier alpha value is -1.82. The van der Waals surface area contributed by atoms with Gasteiger partial charge in [-0.3, -0.25) is 5.43 Å². The van der Waals surface area contributed by atoms with Crippen LogP contribution in [0.1, 0.15) is 11.1 Å². The fourth-order valence-corrected chi connectivity index (χ4v) is 3.40. The van der Waals surface area contributed by atoms with Gasteiger partial charge in [0.25, 0.3) is 0 Å². The second-order valence-corrected chi connectivity index (χ2v) is 6.41. The molecule has 2 aliphatic heterocycles. The Kier molecular flexibility index (Phi) is 3.62. The fraction of sp³-hybridized carbons (Fsp3) is 0.235. The molecule has 2 aromatic carbocycles. The van der Waals surface area contributed by atoms with Crippen molar-refractivity contribution in [3.63, 3.8) is 0 Å². The van der Waals surface area contributed by atoms with Crippen LogP contribution < -0.4 is 5.43 Å². The van der Waals surface area contributed by atoms with Crippen LogP contribution in [0.3, 0.4) is 0 Å². The van der Waals surface area contributed by atoms with E-state index in [1.54, 1.807) is 11.8 Å². The summed E-state index contributed by atoms with van der Waals surface area (Å²) in [6.07, 6.45) is 0.212. The van der Waals surface area contributed by atoms with E-state index in [1.807, 2.05) is 36.4 Å². The van der Waals surface area contributed by atoms with Crippen LogP contribution in [0.2, 0.25) is 0 Å². The molecular weight excluding hydrogens is 296 g/mol. The van der Waals surface area contributed by atoms with Crippen molar-refractivity contribution in [3.05, 3.63) is 71.8 Å². The van der Waals surface area contributed by atoms with E-state index >= 15 is 0 Å². The molecule has 1 N–H and O–H groups in total. The number of ether oxygens (including phenoxy) is 2. The van der Waals surface area contributed by atoms with E-state index in [-0.39, 0.29) is 6.10 Å². The maximum absolute atomic E-state index is 6.16. The molecule has 4 nitrogen and oxygen atoms in total. The first-order valence-corrected chi connectivity index (χ1v) is 8.08. The molecule has 2 atom stereocenters. The Morgan fingerprint density at radius 1 is 1.14 bits per heavy atom. The highest BCUT2D eigenvalue weighted by atomic mass is 32.2. The van der Waals surface area contributed by atoms with Crippen LogP contribution in [-0.2, 0) is 14.5 Å². The van der Waals surface area contributed by atoms with Crippen molar-refractivity contribution >= 4 is 16.8 Å². The van der Waals surface area contributed by atoms with Crippen molar-refractivity contribution in [3.8, 4) is 0 Å². The summed E-state index contributed by atoms with van der Waals surface area (Å²) in [4.78, 5) is 0. The molecule has 0 aromatic heterocycles. The number of benzene rings is 2. The average Bonchev–Trinajstić information content (AvgIpc) is 3.33. The number of hydrogen-bond donors (Lipinski definition) is 1. The molecule has 5 heteroatoms. The summed E-state index contributed by atoms with van der Waals surface area (Å²) in [5.74, 6) is 0. The molecule has 4 rings (SSSR count). The van der Waals surface area contributed by atoms with Crippen molar-refractivity contribution in [2.45, 2.75) is 11.2 Å². The van der Waals surface area contributed by atoms with E-state index in [2.05, 4.69) is 34.8 Å². The molecule has 1 saturated heterocycles. The van der Waals surface area contributed by atoms with Gasteiger partial charge in [-0.25, -0.2) is 0 Å². The van der Waals surface area contributed by atoms with Gasteiger partial charge < -0.3 is 9.47 Å². The molecular formula is C17H16N2O2S. The molecule has 0 spiro atoms. The van der Waals surface area contributed by atoms with Crippen molar-refractivity contribution in [2.24, 2.45) is 5.10 Å². The maximum Gasteiger partial charge on any atom is 0.235 e. The number of nitrogens with zero attached hydrogens (tertiary/aromatic N) is 1. The molecule has 2 aliphatic rings. The minimum Gasteiger partial charge on any atom is -0.371 e. The molecule has 0 radical (unpaired) electrons. The third-order valence-corrected chi connectivity index (χ3v) is 4.85. The van der Waals surface area contributed by atoms with Gasteiger partial charge in [-0.05, 0) is 11.8 Å². The van der Waals surface area contributed by atoms with Gasteiger partial charge in [-0.15, -0.1) is 0 Å². The van der Waals surface area contributed by atoms with Gasteiger partial charge in [0.1, 0.15) is 11.1 Å². The van der Waals surface area contributed by atoms with Gasteiger partial charge in [0.15, 0.2) is 0 Å². The lowest BCUT2D eigenvalue weighted by molar-refractivity contribution is -0.00640. The van der Waals surface area contributed by atoms with E-state index in [1.165, 1.54) is 0 Å². The summed E-state index contributed by atoms with van der Waals surface area (Å²) in [6.45, 7) is 1.34. The fourth-order valence-electron chi connectivity index (χ4n) is 2.31. The van der Waals surface area contributed by atoms with Crippen LogP contribution in [0.5, 0.6) is 0 Å². The lowest BCUT2D eigenvalue weighted by Gasteiger charge is -2.28. The molecule has 1 fully saturated rings. The normalized spacial score (nSPS) is 26.4. The lowest BCUT2D eigenvalue weighted by atomic mass is 10.2. The number of epoxide rings is 1. The second kappa shape index (κ2) is 5.76. The Labute approximate surface area is 133 Å². The topological polar surface area (TPSA) is 46.2 Å². The summed E-state index contributed by atoms with van der Waals surface area (Å²) in [7, 11) is 0. The van der Waals surface area contributed by atoms with Crippen LogP contribution in [0, 0.1) is 0 Å². The molecule has 0 amide bonds. The Morgan fingerprint density at radius 2 is 1.82 bits per heavy atom. The van der Waals surface area contributed by atoms with Crippen molar-refractivity contribution in [1.82, 2.24) is 5.43 Å². The minimum atomic E-state index is -0.682. The Balaban J connectivity index is 1.60. The number of rotatable bonds is 5. The van der Waals surface area contributed by atoms with Gasteiger partial charge in [-0.1, -0.05) is 60.7 Å². The molecule has 0 saturated carbocycles. The van der Waals surface area contributed by atoms with Gasteiger partial charge in [0.2, 0.25) is 5.06 Å². The van der Waals surface area contributed by atoms with Crippen LogP contribution in [0.25, 0.3) is 0 Å². The molecule has 22 heavy (non-hydrogen) atoms. The number of nitrogens with one attached hydrogen (secondary N) is 1. The molecule has 112 valence electrons. The van der Waals surface area contributed by atoms with Crippen molar-refractivity contribution < 1.29 is 9.47 Å². The highest BCUT2D eigenvalue weighted by molar-refractivity contribution is 8.15. The first-order valence-electron chi connectivity index (χ1n) is 7.26. The van der Waals surface area contributed by atoms with Gasteiger partial charge in [0.05, 0.1) is 13.2 Å². The average molecular weight is 312 g/mol. The maximum atomic E-state index is 6.16. The third kappa shape index (κ3) is 2.75. The predicted octanol–water partition coefficient (Wildman–Crippen LogP) is 2.91. The monoisotopic (exact) mass is 312 g/mol. The molecule has 2 unspecified atom stereocenters. The smallest absolute Gasteiger partial charge is 0.235 e. The van der Waals surface area contributed by atoms with E-state index in [0.717, 1.165) is 22.8 Å². The molecule has 2 heterocycles. The summed E-state index contributed by atoms with van der Waals surface area (Å²) in [6, 6.07) is 20.3. The SMILES string of the molecule is c1ccc(C2=NNC(OCC3CO3)(c3ccccc3)S2)cc1. The van der Waals surface area contributed by atoms with E-state index in [9.17, 15) is 0 Å². The number of thioether (sulfide) groups is 1. The summed E-state index contributed by atoms with van der Waals surface area (Å²) in [5, 5.41) is 4.75. The molecule has 0 aliphatic carbocycles. The highest BCUT2D eigenvalue weighted by Gasteiger charge is 2.42. The lowest BCUT2D eigenvalue weighted by Crippen LogP contribution is -2.37. The van der Waals surface area contributed by atoms with Crippen LogP contribution in [0.4, 0.5) is 0 Å². The van der Waals surface area contributed by atoms with E-state index in [0.29, 0.717) is 6.61 Å². The van der Waals surface area contributed by atoms with Gasteiger partial charge >= 0.3 is 0 Å². The highest BCUT2D eigenvalue weighted by Crippen LogP contribution is 2.42. The standard InChI is InChI=1S/C17H16N2O2S/c1-3-7-13(8-4-1)16-18-19-17(22-16,21-12-15-11-20-15)14-9-5-2-6-10-14/h1-10,15,19H,11-12H2. The zero-order valence-corrected chi connectivity index (χ0v) is 12.8. The van der Waals surface area contributed by atoms with Crippen LogP contribution in [-0.4, -0.2) is 24.4 Å². The first-order chi connectivity index (χ1) is 10.9. The molecule has 2 aromatic rings. The van der Waals surface area contributed by atoms with Crippen molar-refractivity contribution in [1.29, 1.82) is 0 Å². The Morgan fingerprint density at radius 3 is 2.50 bits per heavy atom. The van der Waals surface area contributed by atoms with Crippen LogP contribution >= 0.6 is 11.8 Å². The predicted molar refractivity (Wildman–Crippen MR) is 87.5 cm³/mol. The zero-order valence-electron chi connectivity index (χ0n) is 11.9. The van der Waals surface area contributed by atoms with E-state index in [4.69, 9.17) is 9.47 Å². The largest absolute Gasteiger partial charge is 0.371 e. The van der Waals surface area contributed by atoms with E-state index < -0.39 is 5.06 Å². The quantitative estimate of drug-likeness (QED) is 0.862.